The van der Waals surface area contributed by atoms with E-state index in [-0.39, 0.29) is 5.91 Å². The topological polar surface area (TPSA) is 58.4 Å². The zero-order chi connectivity index (χ0) is 12.5. The lowest BCUT2D eigenvalue weighted by molar-refractivity contribution is -0.124. The predicted octanol–water partition coefficient (Wildman–Crippen LogP) is 0.857. The maximum absolute atomic E-state index is 11.6. The summed E-state index contributed by atoms with van der Waals surface area (Å²) in [5.41, 5.74) is 5.02. The van der Waals surface area contributed by atoms with Gasteiger partial charge >= 0.3 is 0 Å². The molecule has 2 fully saturated rings. The van der Waals surface area contributed by atoms with E-state index in [0.29, 0.717) is 12.1 Å². The standard InChI is InChI=1S/C13H25N3O/c1-10-4-3-8-16(10)9-7-13(2,12(14)17)15-11-5-6-11/h10-11,15H,3-9H2,1-2H3,(H2,14,17). The van der Waals surface area contributed by atoms with Gasteiger partial charge in [0, 0.05) is 18.6 Å². The molecule has 98 valence electrons. The first-order chi connectivity index (χ1) is 8.01. The van der Waals surface area contributed by atoms with Crippen LogP contribution >= 0.6 is 0 Å². The maximum atomic E-state index is 11.6. The maximum Gasteiger partial charge on any atom is 0.237 e. The van der Waals surface area contributed by atoms with Crippen molar-refractivity contribution in [1.29, 1.82) is 0 Å². The smallest absolute Gasteiger partial charge is 0.237 e. The molecule has 1 saturated heterocycles. The molecule has 0 aromatic heterocycles. The monoisotopic (exact) mass is 239 g/mol. The molecular weight excluding hydrogens is 214 g/mol. The molecule has 1 amide bonds. The summed E-state index contributed by atoms with van der Waals surface area (Å²) >= 11 is 0. The van der Waals surface area contributed by atoms with E-state index in [2.05, 4.69) is 17.1 Å². The summed E-state index contributed by atoms with van der Waals surface area (Å²) in [6.07, 6.45) is 5.75. The van der Waals surface area contributed by atoms with Gasteiger partial charge in [0.2, 0.25) is 5.91 Å². The molecular formula is C13H25N3O. The van der Waals surface area contributed by atoms with E-state index in [1.165, 1.54) is 32.2 Å². The lowest BCUT2D eigenvalue weighted by Gasteiger charge is -2.31. The summed E-state index contributed by atoms with van der Waals surface area (Å²) in [7, 11) is 0. The molecule has 0 aromatic rings. The first-order valence-corrected chi connectivity index (χ1v) is 6.83. The minimum Gasteiger partial charge on any atom is -0.368 e. The number of hydrogen-bond acceptors (Lipinski definition) is 3. The van der Waals surface area contributed by atoms with Gasteiger partial charge < -0.3 is 16.0 Å². The fourth-order valence-corrected chi connectivity index (χ4v) is 2.64. The number of likely N-dealkylation sites (tertiary alicyclic amines) is 1. The Morgan fingerprint density at radius 2 is 2.18 bits per heavy atom. The Kier molecular flexibility index (Phi) is 3.73. The third-order valence-electron chi connectivity index (χ3n) is 4.23. The van der Waals surface area contributed by atoms with E-state index >= 15 is 0 Å². The third kappa shape index (κ3) is 3.19. The van der Waals surface area contributed by atoms with Gasteiger partial charge in [0.25, 0.3) is 0 Å². The lowest BCUT2D eigenvalue weighted by atomic mass is 9.96. The second kappa shape index (κ2) is 4.94. The molecule has 2 unspecified atom stereocenters. The molecule has 2 atom stereocenters. The van der Waals surface area contributed by atoms with Crippen LogP contribution in [0.4, 0.5) is 0 Å². The van der Waals surface area contributed by atoms with Crippen molar-refractivity contribution in [2.45, 2.75) is 63.6 Å². The van der Waals surface area contributed by atoms with Crippen molar-refractivity contribution in [3.05, 3.63) is 0 Å². The predicted molar refractivity (Wildman–Crippen MR) is 68.6 cm³/mol. The molecule has 1 heterocycles. The summed E-state index contributed by atoms with van der Waals surface area (Å²) < 4.78 is 0. The number of rotatable bonds is 6. The van der Waals surface area contributed by atoms with Crippen LogP contribution in [0.3, 0.4) is 0 Å². The Balaban J connectivity index is 1.86. The van der Waals surface area contributed by atoms with Gasteiger partial charge in [-0.15, -0.1) is 0 Å². The number of nitrogens with two attached hydrogens (primary N) is 1. The highest BCUT2D eigenvalue weighted by molar-refractivity contribution is 5.84. The molecule has 0 bridgehead atoms. The van der Waals surface area contributed by atoms with Crippen LogP contribution in [0.25, 0.3) is 0 Å². The van der Waals surface area contributed by atoms with Crippen molar-refractivity contribution < 1.29 is 4.79 Å². The Labute approximate surface area is 104 Å². The molecule has 1 saturated carbocycles. The van der Waals surface area contributed by atoms with Gasteiger partial charge in [0.1, 0.15) is 0 Å². The fraction of sp³-hybridized carbons (Fsp3) is 0.923. The highest BCUT2D eigenvalue weighted by atomic mass is 16.1. The zero-order valence-corrected chi connectivity index (χ0v) is 11.0. The quantitative estimate of drug-likeness (QED) is 0.722. The second-order valence-corrected chi connectivity index (χ2v) is 5.89. The van der Waals surface area contributed by atoms with Crippen molar-refractivity contribution >= 4 is 5.91 Å². The van der Waals surface area contributed by atoms with E-state index in [0.717, 1.165) is 13.0 Å². The van der Waals surface area contributed by atoms with Crippen molar-refractivity contribution in [3.8, 4) is 0 Å². The van der Waals surface area contributed by atoms with E-state index in [9.17, 15) is 4.79 Å². The molecule has 4 heteroatoms. The molecule has 0 radical (unpaired) electrons. The first-order valence-electron chi connectivity index (χ1n) is 6.83. The van der Waals surface area contributed by atoms with Crippen molar-refractivity contribution in [2.75, 3.05) is 13.1 Å². The summed E-state index contributed by atoms with van der Waals surface area (Å²) in [6.45, 7) is 6.36. The van der Waals surface area contributed by atoms with Crippen molar-refractivity contribution in [2.24, 2.45) is 5.73 Å². The number of nitrogens with one attached hydrogen (secondary N) is 1. The molecule has 1 aliphatic heterocycles. The summed E-state index contributed by atoms with van der Waals surface area (Å²) in [4.78, 5) is 14.1. The van der Waals surface area contributed by atoms with Gasteiger partial charge in [-0.2, -0.15) is 0 Å². The van der Waals surface area contributed by atoms with Crippen LogP contribution in [0, 0.1) is 0 Å². The van der Waals surface area contributed by atoms with Crippen LogP contribution in [-0.2, 0) is 4.79 Å². The highest BCUT2D eigenvalue weighted by Gasteiger charge is 2.37. The molecule has 17 heavy (non-hydrogen) atoms. The highest BCUT2D eigenvalue weighted by Crippen LogP contribution is 2.25. The van der Waals surface area contributed by atoms with Crippen LogP contribution in [0.15, 0.2) is 0 Å². The SMILES string of the molecule is CC1CCCN1CCC(C)(NC1CC1)C(N)=O. The lowest BCUT2D eigenvalue weighted by Crippen LogP contribution is -2.55. The normalized spacial score (nSPS) is 29.2. The first kappa shape index (κ1) is 12.8. The molecule has 2 aliphatic rings. The van der Waals surface area contributed by atoms with Gasteiger partial charge in [0.05, 0.1) is 5.54 Å². The molecule has 2 rings (SSSR count). The Hall–Kier alpha value is -0.610. The number of carbonyl (C=O) groups excluding carboxylic acids is 1. The van der Waals surface area contributed by atoms with E-state index < -0.39 is 5.54 Å². The summed E-state index contributed by atoms with van der Waals surface area (Å²) in [5, 5.41) is 3.40. The van der Waals surface area contributed by atoms with Crippen LogP contribution in [0.1, 0.15) is 46.0 Å². The van der Waals surface area contributed by atoms with E-state index in [1.54, 1.807) is 0 Å². The second-order valence-electron chi connectivity index (χ2n) is 5.89. The van der Waals surface area contributed by atoms with Crippen LogP contribution in [0.5, 0.6) is 0 Å². The molecule has 0 spiro atoms. The Morgan fingerprint density at radius 3 is 2.65 bits per heavy atom. The van der Waals surface area contributed by atoms with Crippen molar-refractivity contribution in [3.63, 3.8) is 0 Å². The van der Waals surface area contributed by atoms with Gasteiger partial charge in [-0.25, -0.2) is 0 Å². The number of hydrogen-bond donors (Lipinski definition) is 2. The average Bonchev–Trinajstić information content (AvgIpc) is 2.97. The molecule has 4 nitrogen and oxygen atoms in total. The minimum atomic E-state index is -0.524. The number of carbonyl (C=O) groups is 1. The van der Waals surface area contributed by atoms with E-state index in [1.807, 2.05) is 6.92 Å². The molecule has 1 aliphatic carbocycles. The largest absolute Gasteiger partial charge is 0.368 e. The van der Waals surface area contributed by atoms with Gasteiger partial charge in [-0.1, -0.05) is 0 Å². The zero-order valence-electron chi connectivity index (χ0n) is 11.0. The number of amides is 1. The third-order valence-corrected chi connectivity index (χ3v) is 4.23. The van der Waals surface area contributed by atoms with E-state index in [4.69, 9.17) is 5.73 Å². The Morgan fingerprint density at radius 1 is 1.47 bits per heavy atom. The van der Waals surface area contributed by atoms with Crippen molar-refractivity contribution in [1.82, 2.24) is 10.2 Å². The van der Waals surface area contributed by atoms with Gasteiger partial charge in [-0.3, -0.25) is 4.79 Å². The van der Waals surface area contributed by atoms with Crippen LogP contribution < -0.4 is 11.1 Å². The summed E-state index contributed by atoms with van der Waals surface area (Å²) in [5.74, 6) is -0.212. The number of nitrogens with zero attached hydrogens (tertiary/aromatic N) is 1. The van der Waals surface area contributed by atoms with Gasteiger partial charge in [0.15, 0.2) is 0 Å². The molecule has 0 aromatic carbocycles. The average molecular weight is 239 g/mol. The van der Waals surface area contributed by atoms with Crippen LogP contribution in [0.2, 0.25) is 0 Å². The fourth-order valence-electron chi connectivity index (χ4n) is 2.64. The summed E-state index contributed by atoms with van der Waals surface area (Å²) in [6, 6.07) is 1.18. The Bertz CT molecular complexity index is 290. The minimum absolute atomic E-state index is 0.212. The number of primary amides is 1. The van der Waals surface area contributed by atoms with Gasteiger partial charge in [-0.05, 0) is 52.5 Å². The van der Waals surface area contributed by atoms with Crippen LogP contribution in [-0.4, -0.2) is 41.5 Å². The molecule has 3 N–H and O–H groups in total.